The topological polar surface area (TPSA) is 131 Å². The maximum Gasteiger partial charge on any atom is 0.231 e. The Labute approximate surface area is 236 Å². The van der Waals surface area contributed by atoms with E-state index in [2.05, 4.69) is 30.9 Å². The first-order valence-electron chi connectivity index (χ1n) is 12.8. The smallest absolute Gasteiger partial charge is 0.231 e. The van der Waals surface area contributed by atoms with Crippen LogP contribution in [-0.4, -0.2) is 40.1 Å². The minimum absolute atomic E-state index is 0.0197. The van der Waals surface area contributed by atoms with Gasteiger partial charge in [0.05, 0.1) is 35.6 Å². The second kappa shape index (κ2) is 12.2. The summed E-state index contributed by atoms with van der Waals surface area (Å²) in [7, 11) is -3.11. The molecule has 0 aliphatic carbocycles. The van der Waals surface area contributed by atoms with Crippen molar-refractivity contribution in [1.82, 2.24) is 24.8 Å². The second-order valence-corrected chi connectivity index (χ2v) is 11.7. The number of rotatable bonds is 11. The normalized spacial score (nSPS) is 11.5. The van der Waals surface area contributed by atoms with E-state index in [1.807, 2.05) is 28.8 Å². The van der Waals surface area contributed by atoms with Gasteiger partial charge < -0.3 is 5.32 Å². The zero-order valence-corrected chi connectivity index (χ0v) is 23.0. The number of para-hydroxylation sites is 2. The fourth-order valence-corrected chi connectivity index (χ4v) is 5.08. The molecule has 0 bridgehead atoms. The molecule has 1 amide bonds. The molecule has 2 heterocycles. The first-order chi connectivity index (χ1) is 19.7. The Balaban J connectivity index is 1.23. The molecule has 0 radical (unpaired) electrons. The number of carbonyl (C=O) groups is 1. The average molecular weight is 574 g/mol. The molecule has 0 spiro atoms. The number of carbonyl (C=O) groups excluding carboxylic acids is 1. The highest BCUT2D eigenvalue weighted by Crippen LogP contribution is 2.20. The molecule has 41 heavy (non-hydrogen) atoms. The summed E-state index contributed by atoms with van der Waals surface area (Å²) in [5.74, 6) is -0.0737. The average Bonchev–Trinajstić information content (AvgIpc) is 3.27. The number of halogens is 1. The van der Waals surface area contributed by atoms with Crippen LogP contribution < -0.4 is 16.0 Å². The largest absolute Gasteiger partial charge is 0.324 e. The minimum atomic E-state index is -3.11. The third-order valence-electron chi connectivity index (χ3n) is 6.14. The zero-order chi connectivity index (χ0) is 28.8. The molecule has 0 aliphatic heterocycles. The van der Waals surface area contributed by atoms with Crippen LogP contribution in [0.2, 0.25) is 0 Å². The number of nitrogens with one attached hydrogen (secondary N) is 3. The highest BCUT2D eigenvalue weighted by molar-refractivity contribution is 7.89. The quantitative estimate of drug-likeness (QED) is 0.215. The number of aromatic nitrogens is 4. The van der Waals surface area contributed by atoms with Gasteiger partial charge in [-0.1, -0.05) is 42.5 Å². The van der Waals surface area contributed by atoms with Gasteiger partial charge in [0.2, 0.25) is 17.8 Å². The molecule has 0 saturated heterocycles. The molecular weight excluding hydrogens is 545 g/mol. The van der Waals surface area contributed by atoms with Crippen molar-refractivity contribution in [2.45, 2.75) is 25.4 Å². The van der Waals surface area contributed by atoms with Crippen LogP contribution in [-0.2, 0) is 40.0 Å². The fraction of sp³-hybridized carbons (Fsp3) is 0.172. The van der Waals surface area contributed by atoms with Crippen molar-refractivity contribution >= 4 is 44.4 Å². The molecule has 0 fully saturated rings. The molecule has 2 aromatic heterocycles. The van der Waals surface area contributed by atoms with Crippen LogP contribution in [0.5, 0.6) is 0 Å². The van der Waals surface area contributed by atoms with Gasteiger partial charge in [-0.05, 0) is 47.5 Å². The van der Waals surface area contributed by atoms with Gasteiger partial charge in [0.1, 0.15) is 5.82 Å². The summed E-state index contributed by atoms with van der Waals surface area (Å²) in [5.41, 5.74) is 4.01. The Morgan fingerprint density at radius 2 is 1.71 bits per heavy atom. The van der Waals surface area contributed by atoms with E-state index >= 15 is 0 Å². The highest BCUT2D eigenvalue weighted by Gasteiger charge is 2.15. The Bertz CT molecular complexity index is 1790. The van der Waals surface area contributed by atoms with Crippen molar-refractivity contribution in [3.05, 3.63) is 108 Å². The van der Waals surface area contributed by atoms with Gasteiger partial charge in [0, 0.05) is 24.7 Å². The van der Waals surface area contributed by atoms with E-state index in [9.17, 15) is 17.6 Å². The lowest BCUT2D eigenvalue weighted by Gasteiger charge is -2.12. The van der Waals surface area contributed by atoms with Crippen LogP contribution in [0, 0.1) is 5.82 Å². The molecule has 210 valence electrons. The van der Waals surface area contributed by atoms with Crippen molar-refractivity contribution in [3.8, 4) is 0 Å². The maximum absolute atomic E-state index is 14.0. The van der Waals surface area contributed by atoms with E-state index in [0.717, 1.165) is 16.9 Å². The lowest BCUT2D eigenvalue weighted by Crippen LogP contribution is -2.23. The predicted molar refractivity (Wildman–Crippen MR) is 156 cm³/mol. The summed E-state index contributed by atoms with van der Waals surface area (Å²) in [6.07, 6.45) is 2.73. The molecule has 5 aromatic rings. The van der Waals surface area contributed by atoms with Gasteiger partial charge in [-0.25, -0.2) is 27.8 Å². The number of hydrogen-bond donors (Lipinski definition) is 3. The van der Waals surface area contributed by atoms with Gasteiger partial charge in [-0.2, -0.15) is 0 Å². The zero-order valence-electron chi connectivity index (χ0n) is 22.2. The molecule has 10 nitrogen and oxygen atoms in total. The number of nitrogens with zero attached hydrogens (tertiary/aromatic N) is 4. The number of benzene rings is 3. The van der Waals surface area contributed by atoms with E-state index in [4.69, 9.17) is 0 Å². The van der Waals surface area contributed by atoms with Crippen molar-refractivity contribution in [2.75, 3.05) is 16.9 Å². The van der Waals surface area contributed by atoms with E-state index in [1.54, 1.807) is 54.7 Å². The molecule has 5 rings (SSSR count). The summed E-state index contributed by atoms with van der Waals surface area (Å²) in [6.45, 7) is 0.726. The SMILES string of the molecule is CS(=O)(=O)Cc1ccc(Nc2nccc(CNCn3c(NC(=O)Cc4ccccc4F)nc4ccccc43)n2)cc1. The molecule has 12 heteroatoms. The van der Waals surface area contributed by atoms with Crippen molar-refractivity contribution in [1.29, 1.82) is 0 Å². The highest BCUT2D eigenvalue weighted by atomic mass is 32.2. The molecular formula is C29H28FN7O3S. The Hall–Kier alpha value is -4.68. The summed E-state index contributed by atoms with van der Waals surface area (Å²) in [4.78, 5) is 26.1. The summed E-state index contributed by atoms with van der Waals surface area (Å²) < 4.78 is 38.9. The monoisotopic (exact) mass is 573 g/mol. The Kier molecular flexibility index (Phi) is 8.31. The van der Waals surface area contributed by atoms with Crippen molar-refractivity contribution in [3.63, 3.8) is 0 Å². The number of fused-ring (bicyclic) bond motifs is 1. The fourth-order valence-electron chi connectivity index (χ4n) is 4.28. The van der Waals surface area contributed by atoms with Gasteiger partial charge >= 0.3 is 0 Å². The summed E-state index contributed by atoms with van der Waals surface area (Å²) >= 11 is 0. The molecule has 3 N–H and O–H groups in total. The van der Waals surface area contributed by atoms with Crippen LogP contribution in [0.1, 0.15) is 16.8 Å². The first-order valence-corrected chi connectivity index (χ1v) is 14.8. The molecule has 0 saturated carbocycles. The first kappa shape index (κ1) is 27.9. The standard InChI is InChI=1S/C29H28FN7O3S/c1-41(39,40)18-20-10-12-22(13-11-20)33-28-32-15-14-23(34-28)17-31-19-37-26-9-5-4-8-25(26)35-29(37)36-27(38)16-21-6-2-3-7-24(21)30/h2-15,31H,16-19H2,1H3,(H,32,33,34)(H,35,36,38). The minimum Gasteiger partial charge on any atom is -0.324 e. The second-order valence-electron chi connectivity index (χ2n) is 9.52. The van der Waals surface area contributed by atoms with Gasteiger partial charge in [-0.15, -0.1) is 0 Å². The number of imidazole rings is 1. The van der Waals surface area contributed by atoms with Crippen LogP contribution >= 0.6 is 0 Å². The number of sulfone groups is 1. The van der Waals surface area contributed by atoms with E-state index < -0.39 is 15.7 Å². The van der Waals surface area contributed by atoms with E-state index in [-0.39, 0.29) is 18.1 Å². The third-order valence-corrected chi connectivity index (χ3v) is 7.00. The Morgan fingerprint density at radius 3 is 2.49 bits per heavy atom. The van der Waals surface area contributed by atoms with Crippen molar-refractivity contribution in [2.24, 2.45) is 0 Å². The molecule has 3 aromatic carbocycles. The van der Waals surface area contributed by atoms with Gasteiger partial charge in [-0.3, -0.25) is 20.0 Å². The van der Waals surface area contributed by atoms with Crippen LogP contribution in [0.15, 0.2) is 85.1 Å². The van der Waals surface area contributed by atoms with Gasteiger partial charge in [0.25, 0.3) is 0 Å². The van der Waals surface area contributed by atoms with E-state index in [0.29, 0.717) is 41.8 Å². The van der Waals surface area contributed by atoms with Crippen LogP contribution in [0.25, 0.3) is 11.0 Å². The summed E-state index contributed by atoms with van der Waals surface area (Å²) in [5, 5.41) is 9.27. The van der Waals surface area contributed by atoms with Crippen LogP contribution in [0.3, 0.4) is 0 Å². The Morgan fingerprint density at radius 1 is 0.951 bits per heavy atom. The summed E-state index contributed by atoms with van der Waals surface area (Å²) in [6, 6.07) is 22.5. The molecule has 0 aliphatic rings. The number of amides is 1. The van der Waals surface area contributed by atoms with Crippen LogP contribution in [0.4, 0.5) is 22.0 Å². The van der Waals surface area contributed by atoms with E-state index in [1.165, 1.54) is 12.3 Å². The third kappa shape index (κ3) is 7.50. The van der Waals surface area contributed by atoms with Gasteiger partial charge in [0.15, 0.2) is 9.84 Å². The molecule has 0 atom stereocenters. The number of anilines is 3. The lowest BCUT2D eigenvalue weighted by molar-refractivity contribution is -0.115. The lowest BCUT2D eigenvalue weighted by atomic mass is 10.1. The number of hydrogen-bond acceptors (Lipinski definition) is 8. The van der Waals surface area contributed by atoms with Crippen molar-refractivity contribution < 1.29 is 17.6 Å². The predicted octanol–water partition coefficient (Wildman–Crippen LogP) is 4.18. The maximum atomic E-state index is 14.0. The molecule has 0 unspecified atom stereocenters.